The summed E-state index contributed by atoms with van der Waals surface area (Å²) in [5.41, 5.74) is 1.06. The lowest BCUT2D eigenvalue weighted by Gasteiger charge is -2.31. The number of rotatable bonds is 3. The Hall–Kier alpha value is -1.63. The van der Waals surface area contributed by atoms with Gasteiger partial charge < -0.3 is 10.0 Å². The van der Waals surface area contributed by atoms with Crippen LogP contribution in [0.1, 0.15) is 41.6 Å². The number of thiazole rings is 1. The molecule has 126 valence electrons. The average Bonchev–Trinajstić information content (AvgIpc) is 3.09. The normalized spacial score (nSPS) is 17.4. The zero-order valence-corrected chi connectivity index (χ0v) is 15.1. The number of piperidine rings is 1. The summed E-state index contributed by atoms with van der Waals surface area (Å²) in [7, 11) is 0. The zero-order valence-electron chi connectivity index (χ0n) is 13.5. The maximum absolute atomic E-state index is 10.8. The predicted octanol–water partition coefficient (Wildman–Crippen LogP) is 2.62. The van der Waals surface area contributed by atoms with Gasteiger partial charge in [-0.25, -0.2) is 4.98 Å². The molecule has 1 atom stereocenters. The number of aromatic nitrogens is 3. The molecule has 0 amide bonds. The number of aryl methyl sites for hydroxylation is 1. The molecule has 5 nitrogen and oxygen atoms in total. The molecule has 0 spiro atoms. The number of quaternary nitrogens is 1. The molecular weight excluding hydrogens is 344 g/mol. The summed E-state index contributed by atoms with van der Waals surface area (Å²) in [6.45, 7) is 4.00. The van der Waals surface area contributed by atoms with Gasteiger partial charge in [0.05, 0.1) is 18.1 Å². The molecular formula is C17H20ClN4OS+. The van der Waals surface area contributed by atoms with Crippen molar-refractivity contribution in [1.82, 2.24) is 14.6 Å². The van der Waals surface area contributed by atoms with Gasteiger partial charge in [0.25, 0.3) is 0 Å². The fraction of sp³-hybridized carbons (Fsp3) is 0.412. The molecule has 2 N–H and O–H groups in total. The summed E-state index contributed by atoms with van der Waals surface area (Å²) in [6.07, 6.45) is 3.69. The van der Waals surface area contributed by atoms with Crippen molar-refractivity contribution < 1.29 is 10.0 Å². The smallest absolute Gasteiger partial charge is 0.235 e. The van der Waals surface area contributed by atoms with Gasteiger partial charge in [0.1, 0.15) is 10.7 Å². The molecule has 0 saturated carbocycles. The zero-order chi connectivity index (χ0) is 16.7. The number of hydrogen-bond donors (Lipinski definition) is 2. The predicted molar refractivity (Wildman–Crippen MR) is 95.1 cm³/mol. The van der Waals surface area contributed by atoms with Crippen LogP contribution in [0.2, 0.25) is 5.02 Å². The van der Waals surface area contributed by atoms with Gasteiger partial charge in [-0.3, -0.25) is 0 Å². The molecule has 1 aliphatic heterocycles. The Bertz CT molecular complexity index is 869. The van der Waals surface area contributed by atoms with Crippen LogP contribution in [0, 0.1) is 6.92 Å². The van der Waals surface area contributed by atoms with Crippen molar-refractivity contribution in [3.63, 3.8) is 0 Å². The molecule has 0 aliphatic carbocycles. The topological polar surface area (TPSA) is 54.9 Å². The first kappa shape index (κ1) is 15.9. The highest BCUT2D eigenvalue weighted by molar-refractivity contribution is 7.17. The minimum absolute atomic E-state index is 0.0211. The summed E-state index contributed by atoms with van der Waals surface area (Å²) < 4.78 is 1.54. The molecule has 1 aromatic carbocycles. The van der Waals surface area contributed by atoms with Crippen molar-refractivity contribution in [2.24, 2.45) is 0 Å². The Labute approximate surface area is 149 Å². The summed E-state index contributed by atoms with van der Waals surface area (Å²) in [4.78, 5) is 7.48. The van der Waals surface area contributed by atoms with Gasteiger partial charge in [0.15, 0.2) is 6.04 Å². The third-order valence-corrected chi connectivity index (χ3v) is 6.12. The number of hydrogen-bond acceptors (Lipinski definition) is 4. The number of fused-ring (bicyclic) bond motifs is 1. The van der Waals surface area contributed by atoms with Gasteiger partial charge in [-0.2, -0.15) is 4.52 Å². The van der Waals surface area contributed by atoms with Crippen LogP contribution in [-0.2, 0) is 0 Å². The summed E-state index contributed by atoms with van der Waals surface area (Å²) in [6, 6.07) is 7.96. The lowest BCUT2D eigenvalue weighted by atomic mass is 10.0. The monoisotopic (exact) mass is 363 g/mol. The van der Waals surface area contributed by atoms with E-state index in [-0.39, 0.29) is 11.9 Å². The fourth-order valence-electron chi connectivity index (χ4n) is 3.59. The molecule has 7 heteroatoms. The van der Waals surface area contributed by atoms with Crippen LogP contribution in [0.25, 0.3) is 4.96 Å². The Morgan fingerprint density at radius 2 is 2.00 bits per heavy atom. The highest BCUT2D eigenvalue weighted by Gasteiger charge is 2.34. The summed E-state index contributed by atoms with van der Waals surface area (Å²) in [5, 5.41) is 15.8. The van der Waals surface area contributed by atoms with E-state index >= 15 is 0 Å². The molecule has 24 heavy (non-hydrogen) atoms. The minimum atomic E-state index is 0.0211. The van der Waals surface area contributed by atoms with E-state index in [1.165, 1.54) is 35.5 Å². The van der Waals surface area contributed by atoms with Crippen molar-refractivity contribution >= 4 is 27.9 Å². The third-order valence-electron chi connectivity index (χ3n) is 4.69. The fourth-order valence-corrected chi connectivity index (χ4v) is 5.01. The molecule has 2 aromatic heterocycles. The van der Waals surface area contributed by atoms with E-state index in [9.17, 15) is 5.11 Å². The highest BCUT2D eigenvalue weighted by Crippen LogP contribution is 2.37. The van der Waals surface area contributed by atoms with E-state index in [1.807, 2.05) is 25.1 Å². The van der Waals surface area contributed by atoms with Gasteiger partial charge in [0.2, 0.25) is 10.8 Å². The van der Waals surface area contributed by atoms with Crippen molar-refractivity contribution in [1.29, 1.82) is 0 Å². The Morgan fingerprint density at radius 3 is 2.71 bits per heavy atom. The van der Waals surface area contributed by atoms with Crippen LogP contribution in [0.15, 0.2) is 24.3 Å². The maximum atomic E-state index is 10.8. The van der Waals surface area contributed by atoms with Crippen molar-refractivity contribution in [2.45, 2.75) is 32.2 Å². The van der Waals surface area contributed by atoms with Gasteiger partial charge in [-0.05, 0) is 32.3 Å². The largest absolute Gasteiger partial charge is 0.492 e. The lowest BCUT2D eigenvalue weighted by molar-refractivity contribution is -0.929. The number of likely N-dealkylation sites (tertiary alicyclic amines) is 1. The van der Waals surface area contributed by atoms with Crippen LogP contribution in [0.3, 0.4) is 0 Å². The second kappa shape index (κ2) is 6.35. The molecule has 0 radical (unpaired) electrons. The minimum Gasteiger partial charge on any atom is -0.492 e. The lowest BCUT2D eigenvalue weighted by Crippen LogP contribution is -3.13. The van der Waals surface area contributed by atoms with Crippen LogP contribution in [-0.4, -0.2) is 32.8 Å². The maximum Gasteiger partial charge on any atom is 0.235 e. The quantitative estimate of drug-likeness (QED) is 0.752. The Kier molecular flexibility index (Phi) is 4.20. The number of nitrogens with zero attached hydrogens (tertiary/aromatic N) is 3. The first-order valence-electron chi connectivity index (χ1n) is 8.29. The molecule has 1 saturated heterocycles. The first-order valence-corrected chi connectivity index (χ1v) is 9.48. The van der Waals surface area contributed by atoms with Crippen LogP contribution in [0.4, 0.5) is 0 Å². The SMILES string of the molecule is Cc1nc2sc([C@@H](c3ccccc3Cl)[NH+]3CCCCC3)c(O)n2n1. The molecule has 1 aliphatic rings. The molecule has 1 fully saturated rings. The summed E-state index contributed by atoms with van der Waals surface area (Å²) in [5.74, 6) is 0.862. The number of aromatic hydroxyl groups is 1. The van der Waals surface area contributed by atoms with Crippen molar-refractivity contribution in [2.75, 3.05) is 13.1 Å². The van der Waals surface area contributed by atoms with Crippen molar-refractivity contribution in [3.05, 3.63) is 45.6 Å². The van der Waals surface area contributed by atoms with Crippen molar-refractivity contribution in [3.8, 4) is 5.88 Å². The molecule has 3 aromatic rings. The summed E-state index contributed by atoms with van der Waals surface area (Å²) >= 11 is 8.02. The Morgan fingerprint density at radius 1 is 1.25 bits per heavy atom. The molecule has 3 heterocycles. The second-order valence-electron chi connectivity index (χ2n) is 6.32. The van der Waals surface area contributed by atoms with E-state index in [0.717, 1.165) is 33.5 Å². The third kappa shape index (κ3) is 2.68. The van der Waals surface area contributed by atoms with Gasteiger partial charge in [-0.15, -0.1) is 5.10 Å². The van der Waals surface area contributed by atoms with Crippen LogP contribution in [0.5, 0.6) is 5.88 Å². The number of nitrogens with one attached hydrogen (secondary N) is 1. The van der Waals surface area contributed by atoms with Crippen LogP contribution >= 0.6 is 22.9 Å². The van der Waals surface area contributed by atoms with E-state index in [2.05, 4.69) is 16.1 Å². The first-order chi connectivity index (χ1) is 11.6. The van der Waals surface area contributed by atoms with Gasteiger partial charge in [-0.1, -0.05) is 41.1 Å². The molecule has 4 rings (SSSR count). The Balaban J connectivity index is 1.86. The average molecular weight is 364 g/mol. The van der Waals surface area contributed by atoms with E-state index in [1.54, 1.807) is 4.52 Å². The van der Waals surface area contributed by atoms with E-state index in [4.69, 9.17) is 11.6 Å². The molecule has 0 bridgehead atoms. The molecule has 0 unspecified atom stereocenters. The van der Waals surface area contributed by atoms with Gasteiger partial charge >= 0.3 is 0 Å². The van der Waals surface area contributed by atoms with Gasteiger partial charge in [0, 0.05) is 5.56 Å². The van der Waals surface area contributed by atoms with Crippen LogP contribution < -0.4 is 4.90 Å². The highest BCUT2D eigenvalue weighted by atomic mass is 35.5. The van der Waals surface area contributed by atoms with E-state index < -0.39 is 0 Å². The standard InChI is InChI=1S/C17H19ClN4OS/c1-11-19-17-22(20-11)16(23)15(24-17)14(21-9-5-2-6-10-21)12-7-3-4-8-13(12)18/h3-4,7-8,14,23H,2,5-6,9-10H2,1H3/p+1/t14-/m1/s1. The number of halogens is 1. The number of benzene rings is 1. The van der Waals surface area contributed by atoms with E-state index in [0.29, 0.717) is 5.82 Å². The second-order valence-corrected chi connectivity index (χ2v) is 7.73.